The van der Waals surface area contributed by atoms with Crippen LogP contribution in [0, 0.1) is 11.8 Å². The van der Waals surface area contributed by atoms with E-state index in [1.807, 2.05) is 35.1 Å². The van der Waals surface area contributed by atoms with E-state index in [9.17, 15) is 31.9 Å². The number of hydrogen-bond donors (Lipinski definition) is 4. The molecule has 5 rings (SSSR count). The molecular weight excluding hydrogens is 772 g/mol. The zero-order valence-corrected chi connectivity index (χ0v) is 33.8. The molecule has 0 radical (unpaired) electrons. The molecule has 0 spiro atoms. The van der Waals surface area contributed by atoms with Gasteiger partial charge in [0.15, 0.2) is 5.60 Å². The van der Waals surface area contributed by atoms with Crippen LogP contribution >= 0.6 is 11.6 Å². The number of hydrogen-bond acceptors (Lipinski definition) is 10. The number of nitrogens with one attached hydrogen (secondary N) is 2. The van der Waals surface area contributed by atoms with E-state index in [4.69, 9.17) is 26.2 Å². The van der Waals surface area contributed by atoms with Gasteiger partial charge in [0.2, 0.25) is 5.91 Å². The number of benzene rings is 2. The first kappa shape index (κ1) is 43.7. The molecule has 1 fully saturated rings. The molecule has 3 aliphatic rings. The lowest BCUT2D eigenvalue weighted by Gasteiger charge is -2.44. The normalized spacial score (nSPS) is 24.6. The molecule has 13 nitrogen and oxygen atoms in total. The number of aryl methyl sites for hydroxylation is 1. The van der Waals surface area contributed by atoms with Crippen LogP contribution in [0.15, 0.2) is 48.6 Å². The highest BCUT2D eigenvalue weighted by Gasteiger charge is 2.44. The number of halogens is 3. The molecule has 2 amide bonds. The molecule has 4 N–H and O–H groups in total. The van der Waals surface area contributed by atoms with Gasteiger partial charge in [-0.2, -0.15) is 12.7 Å². The Labute approximate surface area is 333 Å². The van der Waals surface area contributed by atoms with Gasteiger partial charge in [0, 0.05) is 52.3 Å². The molecule has 2 aromatic rings. The van der Waals surface area contributed by atoms with E-state index >= 15 is 0 Å². The van der Waals surface area contributed by atoms with Crippen molar-refractivity contribution in [2.24, 2.45) is 11.8 Å². The standard InChI is InChI=1S/C39H54ClF2N5O8S/c1-45(2)56(52,53)44-37(50)39(51)22-36(49)46(3)17-6-5-9-34(54-19-16-43-25-38(41,42)26-48)32-14-11-28(32)23-47-18-7-4-8-27-20-31(40)13-10-29(27)24-55-35-15-12-30(39)21-33(35)47/h5,9-10,12-13,15,20-21,28,32,34,43,48,51H,4,6-8,11,14,16-19,22-26H2,1-3H3,(H,44,50)/b9-5+/t28-,32+,34-,39+/m0/s1. The van der Waals surface area contributed by atoms with E-state index in [0.717, 1.165) is 47.5 Å². The topological polar surface area (TPSA) is 161 Å². The highest BCUT2D eigenvalue weighted by Crippen LogP contribution is 2.43. The minimum absolute atomic E-state index is 0.0257. The van der Waals surface area contributed by atoms with Gasteiger partial charge in [0.05, 0.1) is 31.4 Å². The molecule has 1 saturated carbocycles. The zero-order chi connectivity index (χ0) is 40.7. The first-order valence-electron chi connectivity index (χ1n) is 19.0. The highest BCUT2D eigenvalue weighted by molar-refractivity contribution is 7.87. The Morgan fingerprint density at radius 3 is 2.64 bits per heavy atom. The van der Waals surface area contributed by atoms with Crippen molar-refractivity contribution in [3.8, 4) is 5.75 Å². The summed E-state index contributed by atoms with van der Waals surface area (Å²) in [7, 11) is -0.318. The first-order valence-corrected chi connectivity index (χ1v) is 20.8. The number of alkyl halides is 2. The number of fused-ring (bicyclic) bond motifs is 3. The van der Waals surface area contributed by atoms with Crippen LogP contribution in [0.1, 0.15) is 55.2 Å². The number of amides is 2. The second-order valence-electron chi connectivity index (χ2n) is 15.1. The summed E-state index contributed by atoms with van der Waals surface area (Å²) in [6.45, 7) is -0.0225. The van der Waals surface area contributed by atoms with Crippen LogP contribution in [0.2, 0.25) is 5.02 Å². The van der Waals surface area contributed by atoms with Gasteiger partial charge in [0.25, 0.3) is 11.8 Å². The first-order chi connectivity index (χ1) is 26.5. The van der Waals surface area contributed by atoms with E-state index in [-0.39, 0.29) is 49.8 Å². The second-order valence-corrected chi connectivity index (χ2v) is 17.4. The quantitative estimate of drug-likeness (QED) is 0.206. The molecule has 310 valence electrons. The summed E-state index contributed by atoms with van der Waals surface area (Å²) in [5, 5.41) is 24.4. The van der Waals surface area contributed by atoms with Gasteiger partial charge in [0.1, 0.15) is 19.0 Å². The third kappa shape index (κ3) is 11.0. The summed E-state index contributed by atoms with van der Waals surface area (Å²) in [6.07, 6.45) is 7.32. The lowest BCUT2D eigenvalue weighted by Crippen LogP contribution is -2.51. The summed E-state index contributed by atoms with van der Waals surface area (Å²) in [5.41, 5.74) is 0.0573. The Hall–Kier alpha value is -3.38. The molecule has 2 heterocycles. The summed E-state index contributed by atoms with van der Waals surface area (Å²) < 4.78 is 68.4. The van der Waals surface area contributed by atoms with Crippen LogP contribution in [0.4, 0.5) is 14.5 Å². The maximum absolute atomic E-state index is 13.9. The lowest BCUT2D eigenvalue weighted by atomic mass is 9.70. The molecular formula is C39H54ClF2N5O8S. The van der Waals surface area contributed by atoms with Gasteiger partial charge in [-0.15, -0.1) is 0 Å². The number of carbonyl (C=O) groups excluding carboxylic acids is 2. The second kappa shape index (κ2) is 18.9. The Morgan fingerprint density at radius 2 is 1.93 bits per heavy atom. The van der Waals surface area contributed by atoms with Crippen molar-refractivity contribution in [2.75, 3.05) is 72.0 Å². The van der Waals surface area contributed by atoms with Crippen molar-refractivity contribution >= 4 is 39.3 Å². The summed E-state index contributed by atoms with van der Waals surface area (Å²) in [4.78, 5) is 31.1. The number of aliphatic hydroxyl groups excluding tert-OH is 1. The molecule has 2 aliphatic heterocycles. The van der Waals surface area contributed by atoms with E-state index in [0.29, 0.717) is 36.0 Å². The Balaban J connectivity index is 1.54. The number of carbonyl (C=O) groups is 2. The van der Waals surface area contributed by atoms with Crippen molar-refractivity contribution < 1.29 is 46.5 Å². The Bertz CT molecular complexity index is 1840. The predicted molar refractivity (Wildman–Crippen MR) is 209 cm³/mol. The Morgan fingerprint density at radius 1 is 1.14 bits per heavy atom. The number of aliphatic hydroxyl groups is 2. The fraction of sp³-hybridized carbons (Fsp3) is 0.590. The van der Waals surface area contributed by atoms with Crippen LogP contribution in [-0.4, -0.2) is 119 Å². The Kier molecular flexibility index (Phi) is 14.8. The van der Waals surface area contributed by atoms with Gasteiger partial charge in [-0.05, 0) is 91.3 Å². The molecule has 2 bridgehead atoms. The molecule has 2 aromatic carbocycles. The summed E-state index contributed by atoms with van der Waals surface area (Å²) in [6, 6.07) is 10.4. The molecule has 0 saturated heterocycles. The zero-order valence-electron chi connectivity index (χ0n) is 32.2. The van der Waals surface area contributed by atoms with Crippen molar-refractivity contribution in [1.82, 2.24) is 19.2 Å². The van der Waals surface area contributed by atoms with Crippen LogP contribution < -0.4 is 19.7 Å². The minimum Gasteiger partial charge on any atom is -0.487 e. The average Bonchev–Trinajstić information content (AvgIpc) is 3.17. The monoisotopic (exact) mass is 825 g/mol. The number of anilines is 1. The van der Waals surface area contributed by atoms with E-state index in [1.165, 1.54) is 32.1 Å². The summed E-state index contributed by atoms with van der Waals surface area (Å²) >= 11 is 6.36. The maximum Gasteiger partial charge on any atom is 0.303 e. The highest BCUT2D eigenvalue weighted by atomic mass is 35.5. The predicted octanol–water partition coefficient (Wildman–Crippen LogP) is 3.61. The van der Waals surface area contributed by atoms with E-state index < -0.39 is 53.1 Å². The molecule has 0 aromatic heterocycles. The third-order valence-corrected chi connectivity index (χ3v) is 12.5. The number of ether oxygens (including phenoxy) is 2. The minimum atomic E-state index is -4.34. The van der Waals surface area contributed by atoms with Gasteiger partial charge < -0.3 is 34.8 Å². The SMILES string of the molecule is CN1CC/C=C/[C@H](OCCNCC(F)(F)CO)[C@@H]2CC[C@H]2CN2CCCCc3cc(Cl)ccc3COc3ccc(cc32)[C@@](O)(C(=O)NS(=O)(=O)N(C)C)CC1=O. The van der Waals surface area contributed by atoms with E-state index in [1.54, 1.807) is 12.1 Å². The van der Waals surface area contributed by atoms with Crippen LogP contribution in [-0.2, 0) is 43.2 Å². The van der Waals surface area contributed by atoms with Crippen LogP contribution in [0.5, 0.6) is 5.75 Å². The van der Waals surface area contributed by atoms with Gasteiger partial charge in [-0.3, -0.25) is 9.59 Å². The smallest absolute Gasteiger partial charge is 0.303 e. The molecule has 56 heavy (non-hydrogen) atoms. The van der Waals surface area contributed by atoms with Gasteiger partial charge in [-0.25, -0.2) is 13.5 Å². The molecule has 1 aliphatic carbocycles. The van der Waals surface area contributed by atoms with Crippen molar-refractivity contribution in [2.45, 2.75) is 69.2 Å². The largest absolute Gasteiger partial charge is 0.487 e. The van der Waals surface area contributed by atoms with Gasteiger partial charge in [-0.1, -0.05) is 35.9 Å². The average molecular weight is 826 g/mol. The maximum atomic E-state index is 13.9. The molecule has 4 atom stereocenters. The van der Waals surface area contributed by atoms with Crippen LogP contribution in [0.25, 0.3) is 0 Å². The third-order valence-electron chi connectivity index (χ3n) is 10.9. The summed E-state index contributed by atoms with van der Waals surface area (Å²) in [5.74, 6) is -4.40. The molecule has 17 heteroatoms. The molecule has 0 unspecified atom stereocenters. The van der Waals surface area contributed by atoms with Crippen molar-refractivity contribution in [3.05, 3.63) is 70.3 Å². The fourth-order valence-electron chi connectivity index (χ4n) is 7.23. The number of rotatable bonds is 10. The van der Waals surface area contributed by atoms with Crippen molar-refractivity contribution in [3.63, 3.8) is 0 Å². The van der Waals surface area contributed by atoms with Crippen molar-refractivity contribution in [1.29, 1.82) is 0 Å². The van der Waals surface area contributed by atoms with Gasteiger partial charge >= 0.3 is 10.2 Å². The van der Waals surface area contributed by atoms with Crippen LogP contribution in [0.3, 0.4) is 0 Å². The van der Waals surface area contributed by atoms with E-state index in [2.05, 4.69) is 10.2 Å². The lowest BCUT2D eigenvalue weighted by molar-refractivity contribution is -0.148. The number of nitrogens with zero attached hydrogens (tertiary/aromatic N) is 3. The fourth-order valence-corrected chi connectivity index (χ4v) is 8.01.